The summed E-state index contributed by atoms with van der Waals surface area (Å²) in [4.78, 5) is 20.4. The Bertz CT molecular complexity index is 799. The van der Waals surface area contributed by atoms with Crippen molar-refractivity contribution in [3.05, 3.63) is 35.1 Å². The minimum atomic E-state index is -0.782. The first-order chi connectivity index (χ1) is 13.5. The van der Waals surface area contributed by atoms with Gasteiger partial charge in [-0.1, -0.05) is 25.1 Å². The molecule has 0 unspecified atom stereocenters. The Morgan fingerprint density at radius 3 is 2.82 bits per heavy atom. The van der Waals surface area contributed by atoms with Gasteiger partial charge in [0.2, 0.25) is 5.89 Å². The van der Waals surface area contributed by atoms with E-state index in [9.17, 15) is 9.90 Å². The number of rotatable bonds is 10. The number of aliphatic carboxylic acids is 1. The highest BCUT2D eigenvalue weighted by Crippen LogP contribution is 2.34. The molecule has 2 aromatic rings. The second kappa shape index (κ2) is 9.17. The van der Waals surface area contributed by atoms with Gasteiger partial charge in [-0.25, -0.2) is 4.98 Å². The first kappa shape index (κ1) is 20.3. The molecule has 2 N–H and O–H groups in total. The maximum atomic E-state index is 11.2. The number of carboxylic acid groups (broad SMARTS) is 1. The molecule has 3 heterocycles. The lowest BCUT2D eigenvalue weighted by molar-refractivity contribution is -0.140. The number of nitrogens with zero attached hydrogens (tertiary/aromatic N) is 3. The number of hydrogen-bond donors (Lipinski definition) is 2. The van der Waals surface area contributed by atoms with Gasteiger partial charge in [-0.15, -0.1) is 0 Å². The van der Waals surface area contributed by atoms with Crippen LogP contribution < -0.4 is 5.32 Å². The van der Waals surface area contributed by atoms with E-state index in [1.54, 1.807) is 0 Å². The predicted octanol–water partition coefficient (Wildman–Crippen LogP) is 3.82. The molecule has 0 saturated carbocycles. The third kappa shape index (κ3) is 5.09. The molecule has 0 spiro atoms. The summed E-state index contributed by atoms with van der Waals surface area (Å²) in [6.07, 6.45) is 6.92. The highest BCUT2D eigenvalue weighted by molar-refractivity contribution is 5.67. The second-order valence-corrected chi connectivity index (χ2v) is 7.75. The fourth-order valence-corrected chi connectivity index (χ4v) is 3.85. The van der Waals surface area contributed by atoms with Crippen molar-refractivity contribution in [3.63, 3.8) is 0 Å². The Labute approximate surface area is 166 Å². The number of hydrogen-bond acceptors (Lipinski definition) is 6. The molecular formula is C21H30N4O3. The smallest absolute Gasteiger partial charge is 0.303 e. The standard InChI is InChI=1S/C21H30N4O3/c1-3-21(4-2,14-19(26)27)13-18-24-17(25-28-18)9-5-8-16-11-10-15-7-6-12-22-20(15)23-16/h10-11H,3-9,12-14H2,1-2H3,(H,22,23)(H,26,27). The summed E-state index contributed by atoms with van der Waals surface area (Å²) in [6, 6.07) is 4.28. The monoisotopic (exact) mass is 386 g/mol. The molecule has 0 saturated heterocycles. The number of aryl methyl sites for hydroxylation is 3. The number of pyridine rings is 1. The minimum Gasteiger partial charge on any atom is -0.481 e. The van der Waals surface area contributed by atoms with Crippen molar-refractivity contribution in [2.45, 2.75) is 71.6 Å². The fourth-order valence-electron chi connectivity index (χ4n) is 3.85. The number of anilines is 1. The molecule has 1 aliphatic rings. The maximum Gasteiger partial charge on any atom is 0.303 e. The second-order valence-electron chi connectivity index (χ2n) is 7.75. The van der Waals surface area contributed by atoms with Crippen LogP contribution in [0.4, 0.5) is 5.82 Å². The molecule has 28 heavy (non-hydrogen) atoms. The van der Waals surface area contributed by atoms with Crippen LogP contribution in [0.3, 0.4) is 0 Å². The third-order valence-corrected chi connectivity index (χ3v) is 5.85. The predicted molar refractivity (Wildman–Crippen MR) is 106 cm³/mol. The highest BCUT2D eigenvalue weighted by atomic mass is 16.5. The van der Waals surface area contributed by atoms with E-state index in [1.807, 2.05) is 13.8 Å². The van der Waals surface area contributed by atoms with Gasteiger partial charge in [0.25, 0.3) is 0 Å². The van der Waals surface area contributed by atoms with Gasteiger partial charge >= 0.3 is 5.97 Å². The third-order valence-electron chi connectivity index (χ3n) is 5.85. The number of nitrogens with one attached hydrogen (secondary N) is 1. The summed E-state index contributed by atoms with van der Waals surface area (Å²) in [5.41, 5.74) is 2.05. The first-order valence-corrected chi connectivity index (χ1v) is 10.3. The molecule has 0 aromatic carbocycles. The Morgan fingerprint density at radius 2 is 2.07 bits per heavy atom. The van der Waals surface area contributed by atoms with Crippen LogP contribution in [0.1, 0.15) is 68.9 Å². The molecule has 7 nitrogen and oxygen atoms in total. The van der Waals surface area contributed by atoms with E-state index in [1.165, 1.54) is 5.56 Å². The van der Waals surface area contributed by atoms with E-state index in [-0.39, 0.29) is 11.8 Å². The van der Waals surface area contributed by atoms with Crippen LogP contribution in [0, 0.1) is 5.41 Å². The molecule has 1 aliphatic heterocycles. The largest absolute Gasteiger partial charge is 0.481 e. The van der Waals surface area contributed by atoms with Gasteiger partial charge in [0, 0.05) is 25.1 Å². The van der Waals surface area contributed by atoms with Crippen LogP contribution in [0.5, 0.6) is 0 Å². The minimum absolute atomic E-state index is 0.121. The summed E-state index contributed by atoms with van der Waals surface area (Å²) in [7, 11) is 0. The summed E-state index contributed by atoms with van der Waals surface area (Å²) in [5.74, 6) is 1.47. The van der Waals surface area contributed by atoms with Gasteiger partial charge in [0.1, 0.15) is 5.82 Å². The topological polar surface area (TPSA) is 101 Å². The first-order valence-electron chi connectivity index (χ1n) is 10.3. The molecule has 0 amide bonds. The molecule has 2 aromatic heterocycles. The van der Waals surface area contributed by atoms with E-state index in [0.717, 1.165) is 63.0 Å². The molecule has 0 aliphatic carbocycles. The molecule has 0 radical (unpaired) electrons. The quantitative estimate of drug-likeness (QED) is 0.640. The van der Waals surface area contributed by atoms with E-state index in [4.69, 9.17) is 9.51 Å². The van der Waals surface area contributed by atoms with Gasteiger partial charge < -0.3 is 14.9 Å². The van der Waals surface area contributed by atoms with Crippen LogP contribution in [-0.2, 0) is 30.5 Å². The average molecular weight is 386 g/mol. The average Bonchev–Trinajstić information content (AvgIpc) is 3.14. The Hall–Kier alpha value is -2.44. The Kier molecular flexibility index (Phi) is 6.65. The Balaban J connectivity index is 1.54. The van der Waals surface area contributed by atoms with Gasteiger partial charge in [0.15, 0.2) is 5.82 Å². The molecule has 0 bridgehead atoms. The number of aromatic nitrogens is 3. The van der Waals surface area contributed by atoms with Gasteiger partial charge in [-0.2, -0.15) is 4.98 Å². The zero-order valence-electron chi connectivity index (χ0n) is 16.8. The van der Waals surface area contributed by atoms with E-state index >= 15 is 0 Å². The van der Waals surface area contributed by atoms with Crippen LogP contribution in [-0.4, -0.2) is 32.7 Å². The van der Waals surface area contributed by atoms with Gasteiger partial charge in [-0.05, 0) is 55.6 Å². The van der Waals surface area contributed by atoms with Crippen molar-refractivity contribution in [1.82, 2.24) is 15.1 Å². The van der Waals surface area contributed by atoms with E-state index in [0.29, 0.717) is 18.1 Å². The van der Waals surface area contributed by atoms with Crippen molar-refractivity contribution in [3.8, 4) is 0 Å². The van der Waals surface area contributed by atoms with Crippen LogP contribution in [0.15, 0.2) is 16.7 Å². The van der Waals surface area contributed by atoms with Crippen molar-refractivity contribution in [1.29, 1.82) is 0 Å². The number of carbonyl (C=O) groups is 1. The fraction of sp³-hybridized carbons (Fsp3) is 0.619. The molecule has 3 rings (SSSR count). The SMILES string of the molecule is CCC(CC)(CC(=O)O)Cc1nc(CCCc2ccc3c(n2)NCCC3)no1. The zero-order valence-corrected chi connectivity index (χ0v) is 16.8. The van der Waals surface area contributed by atoms with Crippen molar-refractivity contribution < 1.29 is 14.4 Å². The van der Waals surface area contributed by atoms with Crippen LogP contribution >= 0.6 is 0 Å². The number of fused-ring (bicyclic) bond motifs is 1. The molecule has 0 atom stereocenters. The molecular weight excluding hydrogens is 356 g/mol. The zero-order chi connectivity index (χ0) is 20.0. The van der Waals surface area contributed by atoms with Crippen molar-refractivity contribution in [2.75, 3.05) is 11.9 Å². The lowest BCUT2D eigenvalue weighted by Gasteiger charge is -2.28. The number of carboxylic acids is 1. The van der Waals surface area contributed by atoms with E-state index < -0.39 is 5.97 Å². The highest BCUT2D eigenvalue weighted by Gasteiger charge is 2.31. The lowest BCUT2D eigenvalue weighted by Crippen LogP contribution is -2.26. The normalized spacial score (nSPS) is 13.8. The molecule has 0 fully saturated rings. The van der Waals surface area contributed by atoms with E-state index in [2.05, 4.69) is 27.6 Å². The van der Waals surface area contributed by atoms with Crippen LogP contribution in [0.2, 0.25) is 0 Å². The van der Waals surface area contributed by atoms with Crippen molar-refractivity contribution in [2.24, 2.45) is 5.41 Å². The summed E-state index contributed by atoms with van der Waals surface area (Å²) in [6.45, 7) is 5.03. The summed E-state index contributed by atoms with van der Waals surface area (Å²) >= 11 is 0. The van der Waals surface area contributed by atoms with Gasteiger partial charge in [-0.3, -0.25) is 4.79 Å². The molecule has 152 valence electrons. The maximum absolute atomic E-state index is 11.2. The lowest BCUT2D eigenvalue weighted by atomic mass is 9.76. The summed E-state index contributed by atoms with van der Waals surface area (Å²) < 4.78 is 5.40. The van der Waals surface area contributed by atoms with Crippen LogP contribution in [0.25, 0.3) is 0 Å². The molecule has 7 heteroatoms. The Morgan fingerprint density at radius 1 is 1.25 bits per heavy atom. The summed E-state index contributed by atoms with van der Waals surface area (Å²) in [5, 5.41) is 16.7. The van der Waals surface area contributed by atoms with Gasteiger partial charge in [0.05, 0.1) is 6.42 Å². The van der Waals surface area contributed by atoms with Crippen molar-refractivity contribution >= 4 is 11.8 Å².